The molecule has 0 aliphatic carbocycles. The van der Waals surface area contributed by atoms with Crippen molar-refractivity contribution in [3.8, 4) is 0 Å². The molecule has 102 valence electrons. The summed E-state index contributed by atoms with van der Waals surface area (Å²) in [6.07, 6.45) is 6.42. The van der Waals surface area contributed by atoms with Gasteiger partial charge in [0.1, 0.15) is 0 Å². The Kier molecular flexibility index (Phi) is 8.67. The summed E-state index contributed by atoms with van der Waals surface area (Å²) in [5.41, 5.74) is 0. The van der Waals surface area contributed by atoms with Gasteiger partial charge in [0.05, 0.1) is 0 Å². The fourth-order valence-corrected chi connectivity index (χ4v) is 2.19. The van der Waals surface area contributed by atoms with Crippen LogP contribution in [0.1, 0.15) is 39.0 Å². The zero-order chi connectivity index (χ0) is 12.3. The summed E-state index contributed by atoms with van der Waals surface area (Å²) in [6.45, 7) is 10.3. The Hall–Kier alpha value is -0.120. The van der Waals surface area contributed by atoms with Crippen molar-refractivity contribution in [3.63, 3.8) is 0 Å². The predicted octanol–water partition coefficient (Wildman–Crippen LogP) is 2.22. The van der Waals surface area contributed by atoms with E-state index in [1.54, 1.807) is 0 Å². The molecule has 0 saturated carbocycles. The minimum atomic E-state index is 0.943. The van der Waals surface area contributed by atoms with E-state index in [4.69, 9.17) is 4.74 Å². The molecule has 0 bridgehead atoms. The largest absolute Gasteiger partial charge is 0.381 e. The van der Waals surface area contributed by atoms with Crippen LogP contribution in [0.15, 0.2) is 0 Å². The molecule has 0 spiro atoms. The topological polar surface area (TPSA) is 15.7 Å². The van der Waals surface area contributed by atoms with E-state index in [1.165, 1.54) is 64.8 Å². The van der Waals surface area contributed by atoms with Crippen LogP contribution >= 0.6 is 0 Å². The van der Waals surface area contributed by atoms with Crippen LogP contribution in [0.25, 0.3) is 0 Å². The number of hydrogen-bond donors (Lipinski definition) is 0. The number of likely N-dealkylation sites (N-methyl/N-ethyl adjacent to an activating group) is 1. The molecule has 1 rings (SSSR count). The lowest BCUT2D eigenvalue weighted by Crippen LogP contribution is -2.44. The molecule has 1 saturated heterocycles. The number of hydrogen-bond acceptors (Lipinski definition) is 3. The van der Waals surface area contributed by atoms with Crippen LogP contribution in [0.4, 0.5) is 0 Å². The van der Waals surface area contributed by atoms with Gasteiger partial charge in [0.15, 0.2) is 0 Å². The van der Waals surface area contributed by atoms with Gasteiger partial charge in [0.2, 0.25) is 0 Å². The standard InChI is InChI=1S/C14H30N2O/c1-3-4-5-6-13-17-14-7-8-16-11-9-15(2)10-12-16/h3-14H2,1-2H3. The molecule has 0 N–H and O–H groups in total. The van der Waals surface area contributed by atoms with Crippen molar-refractivity contribution < 1.29 is 4.74 Å². The van der Waals surface area contributed by atoms with Crippen LogP contribution in [0, 0.1) is 0 Å². The Balaban J connectivity index is 1.81. The molecule has 0 aromatic rings. The van der Waals surface area contributed by atoms with Crippen molar-refractivity contribution in [3.05, 3.63) is 0 Å². The maximum Gasteiger partial charge on any atom is 0.0478 e. The highest BCUT2D eigenvalue weighted by Gasteiger charge is 2.12. The van der Waals surface area contributed by atoms with Crippen LogP contribution in [0.3, 0.4) is 0 Å². The quantitative estimate of drug-likeness (QED) is 0.577. The maximum atomic E-state index is 5.66. The van der Waals surface area contributed by atoms with Crippen molar-refractivity contribution in [1.82, 2.24) is 9.80 Å². The minimum absolute atomic E-state index is 0.943. The van der Waals surface area contributed by atoms with Crippen LogP contribution < -0.4 is 0 Å². The number of nitrogens with zero attached hydrogens (tertiary/aromatic N) is 2. The van der Waals surface area contributed by atoms with E-state index in [1.807, 2.05) is 0 Å². The molecule has 1 heterocycles. The highest BCUT2D eigenvalue weighted by molar-refractivity contribution is 4.68. The Labute approximate surface area is 107 Å². The molecule has 17 heavy (non-hydrogen) atoms. The second-order valence-electron chi connectivity index (χ2n) is 5.17. The molecule has 1 fully saturated rings. The smallest absolute Gasteiger partial charge is 0.0478 e. The molecule has 0 radical (unpaired) electrons. The molecule has 1 aliphatic heterocycles. The fourth-order valence-electron chi connectivity index (χ4n) is 2.19. The van der Waals surface area contributed by atoms with E-state index in [9.17, 15) is 0 Å². The summed E-state index contributed by atoms with van der Waals surface area (Å²) < 4.78 is 5.66. The van der Waals surface area contributed by atoms with Gasteiger partial charge in [0, 0.05) is 45.9 Å². The predicted molar refractivity (Wildman–Crippen MR) is 73.5 cm³/mol. The number of ether oxygens (including phenoxy) is 1. The third-order valence-electron chi connectivity index (χ3n) is 3.50. The Morgan fingerprint density at radius 2 is 1.59 bits per heavy atom. The molecule has 3 nitrogen and oxygen atoms in total. The van der Waals surface area contributed by atoms with Crippen molar-refractivity contribution in [1.29, 1.82) is 0 Å². The van der Waals surface area contributed by atoms with E-state index in [-0.39, 0.29) is 0 Å². The van der Waals surface area contributed by atoms with Gasteiger partial charge < -0.3 is 14.5 Å². The third-order valence-corrected chi connectivity index (χ3v) is 3.50. The molecule has 0 atom stereocenters. The monoisotopic (exact) mass is 242 g/mol. The highest BCUT2D eigenvalue weighted by Crippen LogP contribution is 2.01. The van der Waals surface area contributed by atoms with E-state index in [2.05, 4.69) is 23.8 Å². The molecule has 0 unspecified atom stereocenters. The lowest BCUT2D eigenvalue weighted by atomic mass is 10.2. The Bertz CT molecular complexity index is 168. The fraction of sp³-hybridized carbons (Fsp3) is 1.00. The third kappa shape index (κ3) is 7.74. The van der Waals surface area contributed by atoms with Crippen molar-refractivity contribution in [2.75, 3.05) is 53.0 Å². The first-order chi connectivity index (χ1) is 8.33. The molecule has 0 aromatic carbocycles. The Morgan fingerprint density at radius 3 is 2.29 bits per heavy atom. The SMILES string of the molecule is CCCCCCOCCCN1CCN(C)CC1. The molecule has 0 amide bonds. The molecular formula is C14H30N2O. The molecular weight excluding hydrogens is 212 g/mol. The summed E-state index contributed by atoms with van der Waals surface area (Å²) in [5.74, 6) is 0. The second-order valence-corrected chi connectivity index (χ2v) is 5.17. The van der Waals surface area contributed by atoms with E-state index in [0.717, 1.165) is 13.2 Å². The number of unbranched alkanes of at least 4 members (excludes halogenated alkanes) is 3. The lowest BCUT2D eigenvalue weighted by Gasteiger charge is -2.32. The molecule has 1 aliphatic rings. The van der Waals surface area contributed by atoms with Crippen LogP contribution in [0.5, 0.6) is 0 Å². The van der Waals surface area contributed by atoms with Gasteiger partial charge in [-0.25, -0.2) is 0 Å². The molecule has 3 heteroatoms. The van der Waals surface area contributed by atoms with Gasteiger partial charge in [-0.3, -0.25) is 0 Å². The molecule has 0 aromatic heterocycles. The van der Waals surface area contributed by atoms with Crippen LogP contribution in [-0.2, 0) is 4.74 Å². The zero-order valence-electron chi connectivity index (χ0n) is 11.8. The van der Waals surface area contributed by atoms with Crippen LogP contribution in [-0.4, -0.2) is 62.8 Å². The van der Waals surface area contributed by atoms with Crippen molar-refractivity contribution in [2.24, 2.45) is 0 Å². The van der Waals surface area contributed by atoms with E-state index < -0.39 is 0 Å². The average Bonchev–Trinajstić information content (AvgIpc) is 2.35. The first kappa shape index (κ1) is 14.9. The van der Waals surface area contributed by atoms with Gasteiger partial charge in [-0.15, -0.1) is 0 Å². The second kappa shape index (κ2) is 9.86. The Morgan fingerprint density at radius 1 is 0.882 bits per heavy atom. The number of rotatable bonds is 9. The summed E-state index contributed by atoms with van der Waals surface area (Å²) in [6, 6.07) is 0. The normalized spacial score (nSPS) is 18.7. The van der Waals surface area contributed by atoms with Gasteiger partial charge >= 0.3 is 0 Å². The van der Waals surface area contributed by atoms with Crippen molar-refractivity contribution in [2.45, 2.75) is 39.0 Å². The first-order valence-corrected chi connectivity index (χ1v) is 7.31. The van der Waals surface area contributed by atoms with Crippen molar-refractivity contribution >= 4 is 0 Å². The van der Waals surface area contributed by atoms with Gasteiger partial charge in [0.25, 0.3) is 0 Å². The zero-order valence-corrected chi connectivity index (χ0v) is 11.8. The van der Waals surface area contributed by atoms with E-state index in [0.29, 0.717) is 0 Å². The number of piperazine rings is 1. The first-order valence-electron chi connectivity index (χ1n) is 7.31. The lowest BCUT2D eigenvalue weighted by molar-refractivity contribution is 0.103. The minimum Gasteiger partial charge on any atom is -0.381 e. The summed E-state index contributed by atoms with van der Waals surface area (Å²) >= 11 is 0. The van der Waals surface area contributed by atoms with Gasteiger partial charge in [-0.2, -0.15) is 0 Å². The summed E-state index contributed by atoms with van der Waals surface area (Å²) in [5, 5.41) is 0. The summed E-state index contributed by atoms with van der Waals surface area (Å²) in [4.78, 5) is 4.96. The van der Waals surface area contributed by atoms with Gasteiger partial charge in [-0.1, -0.05) is 26.2 Å². The summed E-state index contributed by atoms with van der Waals surface area (Å²) in [7, 11) is 2.21. The maximum absolute atomic E-state index is 5.66. The average molecular weight is 242 g/mol. The highest BCUT2D eigenvalue weighted by atomic mass is 16.5. The van der Waals surface area contributed by atoms with E-state index >= 15 is 0 Å². The van der Waals surface area contributed by atoms with Gasteiger partial charge in [-0.05, 0) is 19.9 Å². The van der Waals surface area contributed by atoms with Crippen LogP contribution in [0.2, 0.25) is 0 Å².